The number of rotatable bonds is 18. The van der Waals surface area contributed by atoms with Crippen molar-refractivity contribution in [2.75, 3.05) is 73.7 Å². The molecule has 8 aromatic heterocycles. The van der Waals surface area contributed by atoms with Crippen molar-refractivity contribution >= 4 is 160 Å². The quantitative estimate of drug-likeness (QED) is 0.0292. The topological polar surface area (TPSA) is 349 Å². The minimum absolute atomic E-state index is 0. The standard InChI is InChI=1S/C22H29N5O2S2.C16H20N4O2S.C9H13NOSSi.C6H9NOS.C5H4OS.C4H9NSi.C4H8O.B/c1-2-3-13-10-17(26-22-18(13)19(23)20(31-22)21(24)29)27-7-4-15(5-8-27)25-11-16(28)14-6-9-30-12-14;1-2-3-9-8-11(20-6-4-10(21)5-7-20)19-16-12(9)13(17)14(23-16)15(18)22;1-13(2,3)11-9(6-10)8-4-5-12-7-8;7-3-6(8)5-1-2-9-4-5;6-3-5-1-2-7-4-5;1-6(2,3)4-5;1-2-4-5-3-1;/h6,9-10,12,15-16,25,28H,2-5,7-8,11,23H2,1H3,(H2,24,29);8H,2-7,17H2,1H3,(H2,18,22);4-5,7,9H,1-3H3;1-2,4,6,8H,3,7H2;1-4H;1-3H3;1-4H2;. The number of carbonyl (C=O) groups is 4. The predicted molar refractivity (Wildman–Crippen MR) is 402 cm³/mol. The largest absolute Gasteiger partial charge is 0.399 e. The number of piperidine rings is 2. The number of nitrogens with zero attached hydrogens (tertiary/aromatic N) is 6. The molecule has 0 bridgehead atoms. The van der Waals surface area contributed by atoms with Gasteiger partial charge >= 0.3 is 0 Å². The molecule has 3 aliphatic rings. The number of nitrogens with two attached hydrogens (primary N) is 5. The molecule has 13 N–H and O–H groups in total. The summed E-state index contributed by atoms with van der Waals surface area (Å²) in [4.78, 5) is 60.9. The number of aromatic nitrogens is 2. The van der Waals surface area contributed by atoms with Crippen LogP contribution < -0.4 is 43.8 Å². The highest BCUT2D eigenvalue weighted by atomic mass is 32.1. The number of hydrogen-bond donors (Lipinski definition) is 8. The number of carbonyl (C=O) groups excluding carboxylic acids is 4. The van der Waals surface area contributed by atoms with Crippen molar-refractivity contribution in [3.8, 4) is 11.8 Å². The van der Waals surface area contributed by atoms with E-state index in [0.29, 0.717) is 72.0 Å². The van der Waals surface area contributed by atoms with Crippen LogP contribution in [0.2, 0.25) is 39.3 Å². The number of nitriles is 2. The van der Waals surface area contributed by atoms with Gasteiger partial charge in [0.25, 0.3) is 11.8 Å². The van der Waals surface area contributed by atoms with E-state index in [0.717, 1.165) is 137 Å². The van der Waals surface area contributed by atoms with Gasteiger partial charge in [-0.3, -0.25) is 19.2 Å². The maximum atomic E-state index is 11.8. The molecule has 11 rings (SSSR count). The number of anilines is 4. The number of aliphatic hydroxyl groups excluding tert-OH is 2. The summed E-state index contributed by atoms with van der Waals surface area (Å²) in [5.41, 5.74) is 37.5. The third-order valence-electron chi connectivity index (χ3n) is 14.4. The molecule has 11 heterocycles. The number of thiophene rings is 6. The molecular formula is C66H92BN12O8S6Si2. The first kappa shape index (κ1) is 81.2. The van der Waals surface area contributed by atoms with Gasteiger partial charge in [0.2, 0.25) is 0 Å². The Labute approximate surface area is 587 Å². The number of nitrogen functional groups attached to an aromatic ring is 2. The maximum Gasteiger partial charge on any atom is 0.260 e. The molecule has 8 aromatic rings. The van der Waals surface area contributed by atoms with E-state index in [9.17, 15) is 24.3 Å². The minimum atomic E-state index is -1.62. The molecule has 3 aliphatic heterocycles. The van der Waals surface area contributed by atoms with Crippen molar-refractivity contribution in [2.24, 2.45) is 17.2 Å². The number of aryl methyl sites for hydroxylation is 2. The van der Waals surface area contributed by atoms with Gasteiger partial charge in [0.1, 0.15) is 36.8 Å². The van der Waals surface area contributed by atoms with Gasteiger partial charge < -0.3 is 63.2 Å². The zero-order chi connectivity index (χ0) is 69.0. The Morgan fingerprint density at radius 3 is 1.53 bits per heavy atom. The summed E-state index contributed by atoms with van der Waals surface area (Å²) in [5, 5.41) is 57.2. The van der Waals surface area contributed by atoms with Gasteiger partial charge in [0.15, 0.2) is 28.8 Å². The number of fused-ring (bicyclic) bond motifs is 2. The Kier molecular flexibility index (Phi) is 35.1. The van der Waals surface area contributed by atoms with Crippen LogP contribution in [0.15, 0.2) is 79.4 Å². The van der Waals surface area contributed by atoms with Gasteiger partial charge in [0, 0.05) is 113 Å². The fourth-order valence-corrected chi connectivity index (χ4v) is 15.1. The van der Waals surface area contributed by atoms with Crippen molar-refractivity contribution in [3.63, 3.8) is 0 Å². The number of ether oxygens (including phenoxy) is 1. The molecule has 95 heavy (non-hydrogen) atoms. The first-order valence-corrected chi connectivity index (χ1v) is 43.6. The molecule has 0 saturated carbocycles. The van der Waals surface area contributed by atoms with Gasteiger partial charge in [-0.05, 0) is 154 Å². The van der Waals surface area contributed by atoms with Crippen LogP contribution in [0.4, 0.5) is 23.0 Å². The highest BCUT2D eigenvalue weighted by Crippen LogP contribution is 2.39. The summed E-state index contributed by atoms with van der Waals surface area (Å²) in [5.74, 6) is 1.07. The van der Waals surface area contributed by atoms with Crippen LogP contribution in [-0.4, -0.2) is 127 Å². The van der Waals surface area contributed by atoms with Crippen LogP contribution in [0.3, 0.4) is 0 Å². The Morgan fingerprint density at radius 1 is 0.737 bits per heavy atom. The smallest absolute Gasteiger partial charge is 0.260 e. The monoisotopic (exact) mass is 1440 g/mol. The first-order valence-electron chi connectivity index (χ1n) is 31.3. The van der Waals surface area contributed by atoms with Crippen LogP contribution >= 0.6 is 68.0 Å². The van der Waals surface area contributed by atoms with E-state index in [1.165, 1.54) is 46.9 Å². The lowest BCUT2D eigenvalue weighted by molar-refractivity contribution is -0.119. The fraction of sp³-hybridized carbons (Fsp3) is 0.455. The molecule has 0 aromatic carbocycles. The molecule has 3 saturated heterocycles. The number of primary amides is 2. The highest BCUT2D eigenvalue weighted by Gasteiger charge is 2.27. The van der Waals surface area contributed by atoms with E-state index in [4.69, 9.17) is 58.4 Å². The third-order valence-corrected chi connectivity index (χ3v) is 21.1. The average molecular weight is 1440 g/mol. The molecule has 0 aliphatic carbocycles. The van der Waals surface area contributed by atoms with Gasteiger partial charge in [-0.25, -0.2) is 15.2 Å². The second kappa shape index (κ2) is 41.1. The first-order chi connectivity index (χ1) is 44.8. The van der Waals surface area contributed by atoms with Crippen molar-refractivity contribution in [2.45, 2.75) is 142 Å². The molecule has 3 unspecified atom stereocenters. The number of hydrogen-bond acceptors (Lipinski definition) is 24. The molecular weight excluding hydrogens is 1350 g/mol. The molecule has 3 atom stereocenters. The van der Waals surface area contributed by atoms with Gasteiger partial charge in [-0.1, -0.05) is 46.3 Å². The maximum absolute atomic E-state index is 11.8. The Morgan fingerprint density at radius 2 is 1.18 bits per heavy atom. The van der Waals surface area contributed by atoms with Crippen LogP contribution in [0.1, 0.15) is 141 Å². The van der Waals surface area contributed by atoms with E-state index < -0.39 is 40.4 Å². The number of ketones is 1. The lowest BCUT2D eigenvalue weighted by Gasteiger charge is -2.34. The number of nitrogens with one attached hydrogen (secondary N) is 1. The predicted octanol–water partition coefficient (Wildman–Crippen LogP) is 12.7. The zero-order valence-corrected chi connectivity index (χ0v) is 62.5. The molecule has 3 fully saturated rings. The van der Waals surface area contributed by atoms with Crippen LogP contribution in [0.5, 0.6) is 0 Å². The van der Waals surface area contributed by atoms with Crippen LogP contribution in [0.25, 0.3) is 20.4 Å². The van der Waals surface area contributed by atoms with Crippen LogP contribution in [0, 0.1) is 22.3 Å². The Bertz CT molecular complexity index is 3650. The molecule has 2 amide bonds. The highest BCUT2D eigenvalue weighted by molar-refractivity contribution is 7.21. The minimum Gasteiger partial charge on any atom is -0.399 e. The van der Waals surface area contributed by atoms with E-state index in [1.807, 2.05) is 86.9 Å². The number of amides is 2. The van der Waals surface area contributed by atoms with Crippen molar-refractivity contribution in [1.82, 2.24) is 15.3 Å². The molecule has 20 nitrogen and oxygen atoms in total. The summed E-state index contributed by atoms with van der Waals surface area (Å²) in [6.45, 7) is 22.6. The summed E-state index contributed by atoms with van der Waals surface area (Å²) in [7, 11) is -2.94. The second-order valence-corrected chi connectivity index (χ2v) is 38.6. The fourth-order valence-electron chi connectivity index (χ4n) is 9.55. The molecule has 3 radical (unpaired) electrons. The second-order valence-electron chi connectivity index (χ2n) is 24.3. The number of aldehydes is 1. The molecule has 29 heteroatoms. The Balaban J connectivity index is 0.000000261. The van der Waals surface area contributed by atoms with Crippen molar-refractivity contribution in [3.05, 3.63) is 123 Å². The van der Waals surface area contributed by atoms with Crippen LogP contribution in [-0.2, 0) is 26.8 Å². The lowest BCUT2D eigenvalue weighted by atomic mass is 10.0. The summed E-state index contributed by atoms with van der Waals surface area (Å²) in [6, 6.07) is 14.3. The van der Waals surface area contributed by atoms with E-state index in [-0.39, 0.29) is 14.5 Å². The van der Waals surface area contributed by atoms with Gasteiger partial charge in [-0.15, -0.1) is 22.7 Å². The SMILES string of the molecule is C1CCOC1.CCCc1cc(N2CCC(=O)CC2)nc2sc(C(N)=O)c(N)c12.CCCc1cc(N2CCC(NCC(O)c3ccsc3)CC2)nc2sc(C(N)=O)c(N)c12.C[Si](C)(C)C#N.C[Si](C)(C)OC(C#N)c1ccsc1.NCC(O)c1ccsc1.O=Cc1ccsc1.[B]. The van der Waals surface area contributed by atoms with Gasteiger partial charge in [0.05, 0.1) is 29.7 Å². The average Bonchev–Trinajstić information content (AvgIpc) is 1.66. The number of pyridine rings is 2. The summed E-state index contributed by atoms with van der Waals surface area (Å²) < 4.78 is 10.7. The lowest BCUT2D eigenvalue weighted by Crippen LogP contribution is -2.44. The Hall–Kier alpha value is -6.26. The van der Waals surface area contributed by atoms with E-state index >= 15 is 0 Å². The van der Waals surface area contributed by atoms with Crippen molar-refractivity contribution in [1.29, 1.82) is 10.5 Å². The van der Waals surface area contributed by atoms with Crippen molar-refractivity contribution < 1.29 is 38.6 Å². The van der Waals surface area contributed by atoms with E-state index in [2.05, 4.69) is 71.4 Å². The normalized spacial score (nSPS) is 14.7. The number of aliphatic hydroxyl groups is 2. The zero-order valence-electron chi connectivity index (χ0n) is 55.6. The molecule has 0 spiro atoms. The van der Waals surface area contributed by atoms with Gasteiger partial charge in [-0.2, -0.15) is 50.6 Å². The third kappa shape index (κ3) is 26.6. The number of Topliss-reactive ketones (excluding diaryl/α,β-unsaturated/α-hetero) is 1. The molecule has 511 valence electrons. The van der Waals surface area contributed by atoms with E-state index in [1.54, 1.807) is 40.1 Å². The summed E-state index contributed by atoms with van der Waals surface area (Å²) >= 11 is 8.83. The summed E-state index contributed by atoms with van der Waals surface area (Å²) in [6.07, 6.45) is 8.86.